The number of ether oxygens (including phenoxy) is 2. The third-order valence-electron chi connectivity index (χ3n) is 8.73. The van der Waals surface area contributed by atoms with Crippen LogP contribution in [0.2, 0.25) is 0 Å². The highest BCUT2D eigenvalue weighted by Gasteiger charge is 2.41. The second kappa shape index (κ2) is 10.7. The molecule has 3 aliphatic heterocycles. The maximum absolute atomic E-state index is 16.8. The summed E-state index contributed by atoms with van der Waals surface area (Å²) >= 11 is 0.694. The first-order valence-corrected chi connectivity index (χ1v) is 15.0. The van der Waals surface area contributed by atoms with Gasteiger partial charge in [0.2, 0.25) is 0 Å². The Bertz CT molecular complexity index is 1930. The van der Waals surface area contributed by atoms with Gasteiger partial charge in [-0.05, 0) is 37.0 Å². The molecular weight excluding hydrogens is 617 g/mol. The number of hydrogen-bond donors (Lipinski definition) is 2. The van der Waals surface area contributed by atoms with Crippen molar-refractivity contribution in [1.29, 1.82) is 10.5 Å². The molecule has 9 nitrogen and oxygen atoms in total. The lowest BCUT2D eigenvalue weighted by Crippen LogP contribution is -2.51. The molecule has 7 rings (SSSR count). The van der Waals surface area contributed by atoms with Crippen LogP contribution < -0.4 is 20.7 Å². The Labute approximate surface area is 257 Å². The Hall–Kier alpha value is -4.31. The number of nitrogens with one attached hydrogen (secondary N) is 1. The number of fused-ring (bicyclic) bond motifs is 4. The van der Waals surface area contributed by atoms with Crippen molar-refractivity contribution in [1.82, 2.24) is 15.3 Å². The number of nitrogen functional groups attached to an aromatic ring is 1. The van der Waals surface area contributed by atoms with Gasteiger partial charge in [-0.15, -0.1) is 11.3 Å². The number of aromatic nitrogens is 2. The van der Waals surface area contributed by atoms with Gasteiger partial charge in [0.15, 0.2) is 5.82 Å². The molecule has 3 atom stereocenters. The standard InChI is InChI=1S/C30H24F5N7O2S/c31-20-4-3-16(21-18(8-36)26(38)45-25(20)21)22-19(30(33,34)35)7-17-24(23(22)32)40-28(44-13-29(11-37)5-6-43-12-29)41-27(17)42-9-14-1-2-15(10-42)39-14/h3-4,7,14-15,39H,1-2,5-6,9-10,12-13,38H2. The molecule has 3 N–H and O–H groups in total. The molecule has 15 heteroatoms. The normalized spacial score (nSPS) is 23.0. The van der Waals surface area contributed by atoms with E-state index in [0.717, 1.165) is 31.0 Å². The van der Waals surface area contributed by atoms with E-state index in [1.807, 2.05) is 6.07 Å². The molecule has 2 bridgehead atoms. The highest BCUT2D eigenvalue weighted by molar-refractivity contribution is 7.23. The summed E-state index contributed by atoms with van der Waals surface area (Å²) in [7, 11) is 0. The summed E-state index contributed by atoms with van der Waals surface area (Å²) in [5, 5.41) is 22.5. The van der Waals surface area contributed by atoms with E-state index < -0.39 is 39.9 Å². The zero-order chi connectivity index (χ0) is 31.7. The number of nitriles is 2. The highest BCUT2D eigenvalue weighted by atomic mass is 32.1. The van der Waals surface area contributed by atoms with Crippen LogP contribution in [0.25, 0.3) is 32.1 Å². The van der Waals surface area contributed by atoms with E-state index >= 15 is 4.39 Å². The second-order valence-electron chi connectivity index (χ2n) is 11.6. The average molecular weight is 642 g/mol. The Kier molecular flexibility index (Phi) is 6.96. The number of nitrogens with two attached hydrogens (primary N) is 1. The Morgan fingerprint density at radius 3 is 2.58 bits per heavy atom. The molecule has 3 unspecified atom stereocenters. The van der Waals surface area contributed by atoms with Gasteiger partial charge in [-0.25, -0.2) is 8.78 Å². The summed E-state index contributed by atoms with van der Waals surface area (Å²) in [5.74, 6) is -2.08. The number of nitrogens with zero attached hydrogens (tertiary/aromatic N) is 5. The number of thiophene rings is 1. The Morgan fingerprint density at radius 2 is 1.93 bits per heavy atom. The molecular formula is C30H24F5N7O2S. The molecule has 5 heterocycles. The molecule has 3 aliphatic rings. The summed E-state index contributed by atoms with van der Waals surface area (Å²) in [5.41, 5.74) is 1.66. The third kappa shape index (κ3) is 4.86. The van der Waals surface area contributed by atoms with Crippen LogP contribution in [0.4, 0.5) is 32.8 Å². The lowest BCUT2D eigenvalue weighted by atomic mass is 9.91. The smallest absolute Gasteiger partial charge is 0.417 e. The number of anilines is 2. The maximum atomic E-state index is 16.8. The number of rotatable bonds is 5. The summed E-state index contributed by atoms with van der Waals surface area (Å²) in [6.07, 6.45) is -2.92. The Balaban J connectivity index is 1.48. The monoisotopic (exact) mass is 641 g/mol. The molecule has 0 saturated carbocycles. The molecule has 3 fully saturated rings. The zero-order valence-electron chi connectivity index (χ0n) is 23.5. The summed E-state index contributed by atoms with van der Waals surface area (Å²) < 4.78 is 87.1. The fourth-order valence-corrected chi connectivity index (χ4v) is 7.46. The van der Waals surface area contributed by atoms with E-state index in [2.05, 4.69) is 21.4 Å². The first-order valence-electron chi connectivity index (χ1n) is 14.2. The SMILES string of the molecule is N#Cc1c(N)sc2c(F)ccc(-c3c(C(F)(F)F)cc4c(N5CC6CCC(C5)N6)nc(OCC5(C#N)CCOC5)nc4c3F)c12. The molecule has 2 aromatic carbocycles. The predicted molar refractivity (Wildman–Crippen MR) is 156 cm³/mol. The molecule has 0 spiro atoms. The topological polar surface area (TPSA) is 133 Å². The molecule has 4 aromatic rings. The minimum Gasteiger partial charge on any atom is -0.462 e. The van der Waals surface area contributed by atoms with Crippen molar-refractivity contribution >= 4 is 43.1 Å². The van der Waals surface area contributed by atoms with Gasteiger partial charge in [0.25, 0.3) is 0 Å². The largest absolute Gasteiger partial charge is 0.462 e. The highest BCUT2D eigenvalue weighted by Crippen LogP contribution is 2.48. The van der Waals surface area contributed by atoms with Crippen molar-refractivity contribution in [2.24, 2.45) is 5.41 Å². The maximum Gasteiger partial charge on any atom is 0.417 e. The summed E-state index contributed by atoms with van der Waals surface area (Å²) in [6, 6.07) is 6.57. The number of alkyl halides is 3. The Morgan fingerprint density at radius 1 is 1.18 bits per heavy atom. The van der Waals surface area contributed by atoms with Crippen LogP contribution in [0.1, 0.15) is 30.4 Å². The molecule has 3 saturated heterocycles. The lowest BCUT2D eigenvalue weighted by molar-refractivity contribution is -0.137. The fourth-order valence-electron chi connectivity index (χ4n) is 6.51. The van der Waals surface area contributed by atoms with Gasteiger partial charge in [0.05, 0.1) is 28.5 Å². The van der Waals surface area contributed by atoms with Crippen molar-refractivity contribution in [2.45, 2.75) is 37.5 Å². The average Bonchev–Trinajstić information content (AvgIpc) is 3.72. The summed E-state index contributed by atoms with van der Waals surface area (Å²) in [6.45, 7) is 1.13. The number of benzene rings is 2. The third-order valence-corrected chi connectivity index (χ3v) is 9.76. The van der Waals surface area contributed by atoms with Gasteiger partial charge in [0, 0.05) is 48.1 Å². The number of hydrogen-bond acceptors (Lipinski definition) is 10. The van der Waals surface area contributed by atoms with Crippen molar-refractivity contribution in [3.63, 3.8) is 0 Å². The van der Waals surface area contributed by atoms with E-state index in [4.69, 9.17) is 15.2 Å². The van der Waals surface area contributed by atoms with Gasteiger partial charge >= 0.3 is 12.2 Å². The van der Waals surface area contributed by atoms with Crippen LogP contribution in [-0.2, 0) is 10.9 Å². The van der Waals surface area contributed by atoms with Gasteiger partial charge in [-0.1, -0.05) is 6.07 Å². The molecule has 0 aliphatic carbocycles. The minimum atomic E-state index is -5.06. The van der Waals surface area contributed by atoms with E-state index in [-0.39, 0.29) is 68.7 Å². The quantitative estimate of drug-likeness (QED) is 0.271. The molecule has 232 valence electrons. The van der Waals surface area contributed by atoms with Crippen molar-refractivity contribution in [3.05, 3.63) is 41.0 Å². The van der Waals surface area contributed by atoms with Gasteiger partial charge in [-0.3, -0.25) is 0 Å². The lowest BCUT2D eigenvalue weighted by Gasteiger charge is -2.34. The van der Waals surface area contributed by atoms with Crippen LogP contribution in [-0.4, -0.2) is 55.0 Å². The van der Waals surface area contributed by atoms with E-state index in [9.17, 15) is 28.1 Å². The molecule has 0 radical (unpaired) electrons. The fraction of sp³-hybridized carbons (Fsp3) is 0.400. The first kappa shape index (κ1) is 29.4. The van der Waals surface area contributed by atoms with Crippen LogP contribution in [0.3, 0.4) is 0 Å². The number of piperazine rings is 1. The van der Waals surface area contributed by atoms with Gasteiger partial charge < -0.3 is 25.4 Å². The van der Waals surface area contributed by atoms with Crippen molar-refractivity contribution in [2.75, 3.05) is 43.5 Å². The predicted octanol–water partition coefficient (Wildman–Crippen LogP) is 5.51. The van der Waals surface area contributed by atoms with Crippen LogP contribution in [0.15, 0.2) is 18.2 Å². The van der Waals surface area contributed by atoms with E-state index in [1.165, 1.54) is 0 Å². The van der Waals surface area contributed by atoms with Crippen molar-refractivity contribution < 1.29 is 31.4 Å². The first-order chi connectivity index (χ1) is 21.5. The van der Waals surface area contributed by atoms with Crippen LogP contribution >= 0.6 is 11.3 Å². The molecule has 45 heavy (non-hydrogen) atoms. The van der Waals surface area contributed by atoms with Crippen LogP contribution in [0, 0.1) is 39.7 Å². The summed E-state index contributed by atoms with van der Waals surface area (Å²) in [4.78, 5) is 10.5. The van der Waals surface area contributed by atoms with Gasteiger partial charge in [0.1, 0.15) is 40.2 Å². The van der Waals surface area contributed by atoms with Gasteiger partial charge in [-0.2, -0.15) is 33.7 Å². The molecule has 2 aromatic heterocycles. The zero-order valence-corrected chi connectivity index (χ0v) is 24.3. The molecule has 0 amide bonds. The minimum absolute atomic E-state index is 0.0692. The number of halogens is 5. The van der Waals surface area contributed by atoms with E-state index in [0.29, 0.717) is 37.5 Å². The van der Waals surface area contributed by atoms with Crippen molar-refractivity contribution in [3.8, 4) is 29.3 Å². The van der Waals surface area contributed by atoms with Crippen LogP contribution in [0.5, 0.6) is 6.01 Å². The second-order valence-corrected chi connectivity index (χ2v) is 12.7. The van der Waals surface area contributed by atoms with E-state index in [1.54, 1.807) is 4.90 Å².